The lowest BCUT2D eigenvalue weighted by molar-refractivity contribution is -0.142. The number of hydrogen-bond acceptors (Lipinski definition) is 7. The molecule has 0 spiro atoms. The van der Waals surface area contributed by atoms with Crippen molar-refractivity contribution in [3.05, 3.63) is 47.5 Å². The van der Waals surface area contributed by atoms with Crippen molar-refractivity contribution >= 4 is 5.97 Å². The minimum Gasteiger partial charge on any atom is -0.475 e. The molecule has 0 N–H and O–H groups in total. The molecule has 2 aromatic rings. The molecule has 0 amide bonds. The summed E-state index contributed by atoms with van der Waals surface area (Å²) in [5.41, 5.74) is -0.823. The van der Waals surface area contributed by atoms with Crippen LogP contribution >= 0.6 is 0 Å². The Hall–Kier alpha value is -2.59. The van der Waals surface area contributed by atoms with Crippen LogP contribution in [0.1, 0.15) is 24.0 Å². The van der Waals surface area contributed by atoms with Crippen LogP contribution in [0.5, 0.6) is 5.88 Å². The summed E-state index contributed by atoms with van der Waals surface area (Å²) < 4.78 is 59.4. The Morgan fingerprint density at radius 2 is 2.07 bits per heavy atom. The summed E-state index contributed by atoms with van der Waals surface area (Å²) in [7, 11) is 0. The number of aromatic nitrogens is 1. The predicted molar refractivity (Wildman–Crippen MR) is 93.9 cm³/mol. The van der Waals surface area contributed by atoms with Crippen LogP contribution in [0.25, 0.3) is 0 Å². The maximum atomic E-state index is 12.6. The normalized spacial score (nSPS) is 17.9. The number of pyridine rings is 1. The second-order valence-corrected chi connectivity index (χ2v) is 6.57. The Morgan fingerprint density at radius 3 is 2.76 bits per heavy atom. The number of esters is 1. The first-order valence-corrected chi connectivity index (χ1v) is 9.00. The van der Waals surface area contributed by atoms with Crippen LogP contribution in [-0.2, 0) is 33.6 Å². The van der Waals surface area contributed by atoms with Crippen molar-refractivity contribution in [3.8, 4) is 5.88 Å². The van der Waals surface area contributed by atoms with E-state index in [2.05, 4.69) is 9.88 Å². The average molecular weight is 414 g/mol. The molecule has 3 heterocycles. The number of carbonyl (C=O) groups excluding carboxylic acids is 1. The van der Waals surface area contributed by atoms with Crippen LogP contribution in [-0.4, -0.2) is 48.3 Å². The highest BCUT2D eigenvalue weighted by atomic mass is 19.4. The lowest BCUT2D eigenvalue weighted by atomic mass is 10.2. The first-order valence-electron chi connectivity index (χ1n) is 9.00. The summed E-state index contributed by atoms with van der Waals surface area (Å²) in [6, 6.07) is 5.71. The molecule has 0 saturated carbocycles. The van der Waals surface area contributed by atoms with Gasteiger partial charge in [0, 0.05) is 32.3 Å². The minimum atomic E-state index is -4.43. The van der Waals surface area contributed by atoms with Crippen LogP contribution in [0.15, 0.2) is 34.9 Å². The van der Waals surface area contributed by atoms with E-state index in [0.717, 1.165) is 18.0 Å². The molecule has 1 atom stereocenters. The highest BCUT2D eigenvalue weighted by Gasteiger charge is 2.30. The molecule has 7 nitrogen and oxygen atoms in total. The fourth-order valence-corrected chi connectivity index (χ4v) is 2.81. The third-order valence-corrected chi connectivity index (χ3v) is 4.22. The van der Waals surface area contributed by atoms with Gasteiger partial charge in [-0.25, -0.2) is 4.98 Å². The lowest BCUT2D eigenvalue weighted by Gasteiger charge is -2.32. The van der Waals surface area contributed by atoms with Gasteiger partial charge in [-0.1, -0.05) is 0 Å². The summed E-state index contributed by atoms with van der Waals surface area (Å²) in [5, 5.41) is 0. The zero-order chi connectivity index (χ0) is 20.9. The van der Waals surface area contributed by atoms with Crippen molar-refractivity contribution in [2.75, 3.05) is 26.3 Å². The smallest absolute Gasteiger partial charge is 0.417 e. The monoisotopic (exact) mass is 414 g/mol. The van der Waals surface area contributed by atoms with Crippen molar-refractivity contribution in [1.82, 2.24) is 9.88 Å². The molecule has 0 aliphatic carbocycles. The number of ether oxygens (including phenoxy) is 3. The predicted octanol–water partition coefficient (Wildman–Crippen LogP) is 3.04. The van der Waals surface area contributed by atoms with Gasteiger partial charge in [0.1, 0.15) is 30.8 Å². The second-order valence-electron chi connectivity index (χ2n) is 6.57. The van der Waals surface area contributed by atoms with Crippen LogP contribution in [0.3, 0.4) is 0 Å². The Balaban J connectivity index is 1.46. The van der Waals surface area contributed by atoms with Crippen molar-refractivity contribution in [1.29, 1.82) is 0 Å². The van der Waals surface area contributed by atoms with Crippen LogP contribution in [0.2, 0.25) is 0 Å². The van der Waals surface area contributed by atoms with E-state index in [-0.39, 0.29) is 31.2 Å². The van der Waals surface area contributed by atoms with Gasteiger partial charge < -0.3 is 18.6 Å². The van der Waals surface area contributed by atoms with Gasteiger partial charge in [-0.05, 0) is 18.2 Å². The molecule has 0 aromatic carbocycles. The molecule has 158 valence electrons. The number of furan rings is 1. The summed E-state index contributed by atoms with van der Waals surface area (Å²) in [6.07, 6.45) is -3.93. The number of hydrogen-bond donors (Lipinski definition) is 0. The van der Waals surface area contributed by atoms with Gasteiger partial charge in [0.15, 0.2) is 0 Å². The van der Waals surface area contributed by atoms with E-state index in [1.165, 1.54) is 13.0 Å². The first-order chi connectivity index (χ1) is 13.8. The maximum absolute atomic E-state index is 12.6. The van der Waals surface area contributed by atoms with E-state index < -0.39 is 11.7 Å². The highest BCUT2D eigenvalue weighted by Crippen LogP contribution is 2.29. The van der Waals surface area contributed by atoms with Gasteiger partial charge in [0.05, 0.1) is 18.7 Å². The third kappa shape index (κ3) is 6.47. The Labute approximate surface area is 165 Å². The summed E-state index contributed by atoms with van der Waals surface area (Å²) in [6.45, 7) is 3.92. The number of morpholine rings is 1. The number of nitrogens with zero attached hydrogens (tertiary/aromatic N) is 2. The standard InChI is InChI=1S/C19H21F3N2O5/c1-13(25)27-11-16-4-3-15(29-16)9-24-6-7-26-17(10-24)12-28-18-5-2-14(8-23-18)19(20,21)22/h2-5,8,17H,6-7,9-12H2,1H3. The first kappa shape index (κ1) is 21.1. The maximum Gasteiger partial charge on any atom is 0.417 e. The summed E-state index contributed by atoms with van der Waals surface area (Å²) >= 11 is 0. The van der Waals surface area contributed by atoms with Gasteiger partial charge >= 0.3 is 12.1 Å². The topological polar surface area (TPSA) is 74.0 Å². The number of carbonyl (C=O) groups is 1. The molecule has 1 fully saturated rings. The molecule has 1 unspecified atom stereocenters. The molecule has 1 saturated heterocycles. The Morgan fingerprint density at radius 1 is 1.28 bits per heavy atom. The number of halogens is 3. The van der Waals surface area contributed by atoms with Crippen LogP contribution in [0.4, 0.5) is 13.2 Å². The zero-order valence-corrected chi connectivity index (χ0v) is 15.8. The minimum absolute atomic E-state index is 0.0923. The third-order valence-electron chi connectivity index (χ3n) is 4.22. The Kier molecular flexibility index (Phi) is 6.75. The van der Waals surface area contributed by atoms with Crippen molar-refractivity contribution in [2.24, 2.45) is 0 Å². The number of alkyl halides is 3. The molecule has 2 aromatic heterocycles. The van der Waals surface area contributed by atoms with E-state index in [1.54, 1.807) is 6.07 Å². The Bertz CT molecular complexity index is 807. The van der Waals surface area contributed by atoms with E-state index in [4.69, 9.17) is 18.6 Å². The SMILES string of the molecule is CC(=O)OCc1ccc(CN2CCOC(COc3ccc(C(F)(F)F)cn3)C2)o1. The van der Waals surface area contributed by atoms with Gasteiger partial charge in [0.25, 0.3) is 0 Å². The number of rotatable bonds is 7. The van der Waals surface area contributed by atoms with Crippen molar-refractivity contribution in [2.45, 2.75) is 32.4 Å². The van der Waals surface area contributed by atoms with Gasteiger partial charge in [-0.15, -0.1) is 0 Å². The quantitative estimate of drug-likeness (QED) is 0.645. The van der Waals surface area contributed by atoms with Crippen LogP contribution in [0, 0.1) is 0 Å². The fourth-order valence-electron chi connectivity index (χ4n) is 2.81. The average Bonchev–Trinajstić information content (AvgIpc) is 3.12. The van der Waals surface area contributed by atoms with Crippen LogP contribution < -0.4 is 4.74 Å². The van der Waals surface area contributed by atoms with Crippen molar-refractivity contribution in [3.63, 3.8) is 0 Å². The van der Waals surface area contributed by atoms with E-state index in [9.17, 15) is 18.0 Å². The lowest BCUT2D eigenvalue weighted by Crippen LogP contribution is -2.44. The summed E-state index contributed by atoms with van der Waals surface area (Å²) in [4.78, 5) is 16.7. The molecular weight excluding hydrogens is 393 g/mol. The molecule has 0 radical (unpaired) electrons. The van der Waals surface area contributed by atoms with Gasteiger partial charge in [-0.2, -0.15) is 13.2 Å². The molecule has 1 aliphatic heterocycles. The molecule has 1 aliphatic rings. The highest BCUT2D eigenvalue weighted by molar-refractivity contribution is 5.65. The molecule has 29 heavy (non-hydrogen) atoms. The van der Waals surface area contributed by atoms with E-state index in [1.807, 2.05) is 6.07 Å². The second kappa shape index (κ2) is 9.27. The van der Waals surface area contributed by atoms with Gasteiger partial charge in [-0.3, -0.25) is 9.69 Å². The van der Waals surface area contributed by atoms with Crippen molar-refractivity contribution < 1.29 is 36.6 Å². The summed E-state index contributed by atoms with van der Waals surface area (Å²) in [5.74, 6) is 1.04. The largest absolute Gasteiger partial charge is 0.475 e. The molecule has 10 heteroatoms. The molecule has 0 bridgehead atoms. The van der Waals surface area contributed by atoms with E-state index >= 15 is 0 Å². The van der Waals surface area contributed by atoms with E-state index in [0.29, 0.717) is 32.0 Å². The fraction of sp³-hybridized carbons (Fsp3) is 0.474. The van der Waals surface area contributed by atoms with Gasteiger partial charge in [0.2, 0.25) is 5.88 Å². The molecule has 3 rings (SSSR count). The zero-order valence-electron chi connectivity index (χ0n) is 15.8. The molecular formula is C19H21F3N2O5.